The Labute approximate surface area is 143 Å². The van der Waals surface area contributed by atoms with Gasteiger partial charge in [-0.2, -0.15) is 4.98 Å². The molecule has 0 amide bonds. The first-order chi connectivity index (χ1) is 11.5. The number of ether oxygens (including phenoxy) is 1. The summed E-state index contributed by atoms with van der Waals surface area (Å²) in [4.78, 5) is 19.3. The maximum atomic E-state index is 13.3. The Bertz CT molecular complexity index is 1030. The van der Waals surface area contributed by atoms with E-state index in [0.717, 1.165) is 4.47 Å². The van der Waals surface area contributed by atoms with Crippen LogP contribution in [-0.4, -0.2) is 15.1 Å². The van der Waals surface area contributed by atoms with Gasteiger partial charge in [-0.05, 0) is 36.4 Å². The van der Waals surface area contributed by atoms with Crippen LogP contribution in [0.3, 0.4) is 0 Å². The molecule has 0 aliphatic carbocycles. The van der Waals surface area contributed by atoms with E-state index < -0.39 is 0 Å². The smallest absolute Gasteiger partial charge is 0.258 e. The molecule has 24 heavy (non-hydrogen) atoms. The molecule has 5 nitrogen and oxygen atoms in total. The zero-order valence-electron chi connectivity index (χ0n) is 12.1. The van der Waals surface area contributed by atoms with Crippen LogP contribution in [0.5, 0.6) is 17.4 Å². The van der Waals surface area contributed by atoms with Crippen molar-refractivity contribution in [3.63, 3.8) is 0 Å². The van der Waals surface area contributed by atoms with Crippen LogP contribution in [0.4, 0.5) is 4.39 Å². The minimum Gasteiger partial charge on any atom is -0.507 e. The molecule has 0 bridgehead atoms. The fourth-order valence-electron chi connectivity index (χ4n) is 2.62. The number of nitrogens with one attached hydrogen (secondary N) is 1. The number of aromatic hydroxyl groups is 1. The lowest BCUT2D eigenvalue weighted by Crippen LogP contribution is -2.20. The first-order valence-electron chi connectivity index (χ1n) is 7.09. The van der Waals surface area contributed by atoms with Gasteiger partial charge in [-0.25, -0.2) is 4.39 Å². The largest absolute Gasteiger partial charge is 0.507 e. The van der Waals surface area contributed by atoms with Crippen LogP contribution in [0.25, 0.3) is 11.4 Å². The van der Waals surface area contributed by atoms with Gasteiger partial charge in [0.1, 0.15) is 23.1 Å². The van der Waals surface area contributed by atoms with Crippen LogP contribution in [0.15, 0.2) is 45.7 Å². The molecule has 7 heteroatoms. The fourth-order valence-corrected chi connectivity index (χ4v) is 2.98. The summed E-state index contributed by atoms with van der Waals surface area (Å²) in [7, 11) is 0. The maximum Gasteiger partial charge on any atom is 0.258 e. The number of benzene rings is 2. The van der Waals surface area contributed by atoms with Crippen LogP contribution in [0.1, 0.15) is 11.1 Å². The minimum atomic E-state index is -0.388. The van der Waals surface area contributed by atoms with Crippen molar-refractivity contribution >= 4 is 15.9 Å². The lowest BCUT2D eigenvalue weighted by molar-refractivity contribution is 0.435. The molecule has 2 aromatic carbocycles. The molecule has 4 rings (SSSR count). The molecular formula is C17H10BrFN2O3. The molecule has 0 atom stereocenters. The normalized spacial score (nSPS) is 12.2. The van der Waals surface area contributed by atoms with E-state index in [1.54, 1.807) is 12.1 Å². The van der Waals surface area contributed by atoms with Gasteiger partial charge in [0.15, 0.2) is 0 Å². The van der Waals surface area contributed by atoms with E-state index in [4.69, 9.17) is 4.74 Å². The summed E-state index contributed by atoms with van der Waals surface area (Å²) in [5, 5.41) is 10.0. The zero-order valence-corrected chi connectivity index (χ0v) is 13.7. The van der Waals surface area contributed by atoms with Crippen molar-refractivity contribution in [3.8, 4) is 28.8 Å². The SMILES string of the molecule is O=c1[nH]c(-c2cc(Br)ccc2O)nc2c1Cc1cc(F)ccc1O2. The quantitative estimate of drug-likeness (QED) is 0.520. The van der Waals surface area contributed by atoms with Crippen molar-refractivity contribution in [2.45, 2.75) is 6.42 Å². The number of aromatic amines is 1. The predicted octanol–water partition coefficient (Wildman–Crippen LogP) is 3.74. The number of phenolic OH excluding ortho intramolecular Hbond substituents is 1. The number of hydrogen-bond donors (Lipinski definition) is 2. The highest BCUT2D eigenvalue weighted by Gasteiger charge is 2.23. The average Bonchev–Trinajstić information content (AvgIpc) is 2.55. The van der Waals surface area contributed by atoms with Crippen molar-refractivity contribution in [2.75, 3.05) is 0 Å². The van der Waals surface area contributed by atoms with Gasteiger partial charge in [-0.1, -0.05) is 15.9 Å². The van der Waals surface area contributed by atoms with Crippen LogP contribution in [0, 0.1) is 5.82 Å². The molecule has 0 saturated heterocycles. The summed E-state index contributed by atoms with van der Waals surface area (Å²) >= 11 is 3.32. The minimum absolute atomic E-state index is 0.0143. The third-order valence-corrected chi connectivity index (χ3v) is 4.28. The Morgan fingerprint density at radius 1 is 1.25 bits per heavy atom. The Kier molecular flexibility index (Phi) is 3.38. The summed E-state index contributed by atoms with van der Waals surface area (Å²) in [6, 6.07) is 8.96. The second-order valence-electron chi connectivity index (χ2n) is 5.39. The van der Waals surface area contributed by atoms with Crippen molar-refractivity contribution in [3.05, 3.63) is 68.2 Å². The lowest BCUT2D eigenvalue weighted by Gasteiger charge is -2.19. The highest BCUT2D eigenvalue weighted by molar-refractivity contribution is 9.10. The molecule has 0 unspecified atom stereocenters. The van der Waals surface area contributed by atoms with Crippen LogP contribution >= 0.6 is 15.9 Å². The van der Waals surface area contributed by atoms with Crippen LogP contribution in [-0.2, 0) is 6.42 Å². The molecule has 2 N–H and O–H groups in total. The van der Waals surface area contributed by atoms with Gasteiger partial charge in [-0.3, -0.25) is 4.79 Å². The van der Waals surface area contributed by atoms with Crippen molar-refractivity contribution in [1.82, 2.24) is 9.97 Å². The molecule has 2 heterocycles. The number of halogens is 2. The molecule has 120 valence electrons. The Balaban J connectivity index is 1.85. The fraction of sp³-hybridized carbons (Fsp3) is 0.0588. The summed E-state index contributed by atoms with van der Waals surface area (Å²) in [5.41, 5.74) is 0.904. The van der Waals surface area contributed by atoms with Gasteiger partial charge in [0, 0.05) is 16.5 Å². The zero-order chi connectivity index (χ0) is 16.8. The van der Waals surface area contributed by atoms with Crippen molar-refractivity contribution < 1.29 is 14.2 Å². The Morgan fingerprint density at radius 2 is 2.08 bits per heavy atom. The number of nitrogens with zero attached hydrogens (tertiary/aromatic N) is 1. The highest BCUT2D eigenvalue weighted by Crippen LogP contribution is 2.36. The van der Waals surface area contributed by atoms with Gasteiger partial charge in [0.05, 0.1) is 11.1 Å². The second kappa shape index (κ2) is 5.45. The van der Waals surface area contributed by atoms with E-state index in [2.05, 4.69) is 25.9 Å². The number of rotatable bonds is 1. The number of H-pyrrole nitrogens is 1. The van der Waals surface area contributed by atoms with Crippen molar-refractivity contribution in [2.24, 2.45) is 0 Å². The first kappa shape index (κ1) is 14.9. The number of hydrogen-bond acceptors (Lipinski definition) is 4. The summed E-state index contributed by atoms with van der Waals surface area (Å²) in [6.45, 7) is 0. The van der Waals surface area contributed by atoms with Gasteiger partial charge in [0.2, 0.25) is 5.88 Å². The van der Waals surface area contributed by atoms with Gasteiger partial charge in [0.25, 0.3) is 5.56 Å². The third kappa shape index (κ3) is 2.46. The van der Waals surface area contributed by atoms with E-state index >= 15 is 0 Å². The molecule has 0 spiro atoms. The standard InChI is InChI=1S/C17H10BrFN2O3/c18-9-1-3-13(22)11(7-9)15-20-16(23)12-6-8-5-10(19)2-4-14(8)24-17(12)21-15/h1-5,7,22H,6H2,(H,20,21,23). The Morgan fingerprint density at radius 3 is 2.92 bits per heavy atom. The van der Waals surface area contributed by atoms with Gasteiger partial charge >= 0.3 is 0 Å². The first-order valence-corrected chi connectivity index (χ1v) is 7.89. The lowest BCUT2D eigenvalue weighted by atomic mass is 10.0. The monoisotopic (exact) mass is 388 g/mol. The molecule has 1 aliphatic rings. The Hall–Kier alpha value is -2.67. The van der Waals surface area contributed by atoms with Crippen LogP contribution < -0.4 is 10.3 Å². The third-order valence-electron chi connectivity index (χ3n) is 3.79. The second-order valence-corrected chi connectivity index (χ2v) is 6.31. The summed E-state index contributed by atoms with van der Waals surface area (Å²) < 4.78 is 19.7. The molecule has 1 aromatic heterocycles. The van der Waals surface area contributed by atoms with E-state index in [1.165, 1.54) is 24.3 Å². The predicted molar refractivity (Wildman–Crippen MR) is 88.9 cm³/mol. The van der Waals surface area contributed by atoms with E-state index in [1.807, 2.05) is 0 Å². The molecule has 0 radical (unpaired) electrons. The number of phenols is 1. The molecule has 1 aliphatic heterocycles. The van der Waals surface area contributed by atoms with Crippen molar-refractivity contribution in [1.29, 1.82) is 0 Å². The number of fused-ring (bicyclic) bond motifs is 2. The summed E-state index contributed by atoms with van der Waals surface area (Å²) in [5.74, 6) is 0.419. The molecule has 0 saturated carbocycles. The van der Waals surface area contributed by atoms with E-state index in [9.17, 15) is 14.3 Å². The number of aromatic nitrogens is 2. The average molecular weight is 389 g/mol. The summed E-state index contributed by atoms with van der Waals surface area (Å²) in [6.07, 6.45) is 0.232. The maximum absolute atomic E-state index is 13.3. The topological polar surface area (TPSA) is 75.2 Å². The van der Waals surface area contributed by atoms with Gasteiger partial charge in [-0.15, -0.1) is 0 Å². The van der Waals surface area contributed by atoms with Crippen LogP contribution in [0.2, 0.25) is 0 Å². The van der Waals surface area contributed by atoms with Gasteiger partial charge < -0.3 is 14.8 Å². The molecule has 3 aromatic rings. The molecular weight excluding hydrogens is 379 g/mol. The van der Waals surface area contributed by atoms with E-state index in [-0.39, 0.29) is 35.3 Å². The highest BCUT2D eigenvalue weighted by atomic mass is 79.9. The molecule has 0 fully saturated rings. The van der Waals surface area contributed by atoms with E-state index in [0.29, 0.717) is 22.4 Å².